The summed E-state index contributed by atoms with van der Waals surface area (Å²) in [6.07, 6.45) is 5.37. The molecule has 0 bridgehead atoms. The van der Waals surface area contributed by atoms with E-state index >= 15 is 0 Å². The molecule has 5 nitrogen and oxygen atoms in total. The average molecular weight is 409 g/mol. The zero-order valence-corrected chi connectivity index (χ0v) is 17.3. The normalized spacial score (nSPS) is 25.6. The number of unbranched alkanes of at least 4 members (excludes halogenated alkanes) is 1. The maximum Gasteiger partial charge on any atom is 0.144 e. The van der Waals surface area contributed by atoms with Crippen LogP contribution in [0, 0.1) is 5.82 Å². The molecule has 0 aromatic heterocycles. The van der Waals surface area contributed by atoms with Gasteiger partial charge < -0.3 is 15.0 Å². The lowest BCUT2D eigenvalue weighted by molar-refractivity contribution is 0.219. The van der Waals surface area contributed by atoms with E-state index in [1.54, 1.807) is 6.07 Å². The second-order valence-electron chi connectivity index (χ2n) is 8.48. The van der Waals surface area contributed by atoms with Crippen molar-refractivity contribution >= 4 is 11.9 Å². The van der Waals surface area contributed by atoms with Crippen LogP contribution in [-0.2, 0) is 5.41 Å². The molecule has 0 amide bonds. The monoisotopic (exact) mass is 408 g/mol. The Hall–Kier alpha value is -2.44. The van der Waals surface area contributed by atoms with Crippen LogP contribution in [0.5, 0.6) is 5.75 Å². The third-order valence-corrected chi connectivity index (χ3v) is 6.70. The molecule has 0 saturated carbocycles. The molecule has 30 heavy (non-hydrogen) atoms. The molecule has 1 unspecified atom stereocenters. The van der Waals surface area contributed by atoms with Gasteiger partial charge in [-0.1, -0.05) is 36.8 Å². The number of fused-ring (bicyclic) bond motifs is 3. The van der Waals surface area contributed by atoms with Crippen molar-refractivity contribution in [2.45, 2.75) is 30.7 Å². The fraction of sp³-hybridized carbons (Fsp3) is 0.458. The first-order chi connectivity index (χ1) is 14.8. The SMILES string of the molecule is Fc1ccc2c(c1)N1N=C[C@@](CCCCN3CCNCC3)(c3ccccc3)C1CO2. The summed E-state index contributed by atoms with van der Waals surface area (Å²) in [6, 6.07) is 15.3. The van der Waals surface area contributed by atoms with E-state index < -0.39 is 0 Å². The minimum absolute atomic E-state index is 0.0355. The topological polar surface area (TPSA) is 40.1 Å². The number of hydrogen-bond acceptors (Lipinski definition) is 5. The lowest BCUT2D eigenvalue weighted by Crippen LogP contribution is -2.50. The van der Waals surface area contributed by atoms with E-state index in [1.807, 2.05) is 11.1 Å². The van der Waals surface area contributed by atoms with Gasteiger partial charge in [-0.05, 0) is 37.1 Å². The van der Waals surface area contributed by atoms with Gasteiger partial charge in [0.25, 0.3) is 0 Å². The standard InChI is InChI=1S/C24H29FN4O/c25-20-8-9-22-21(16-20)29-23(17-30-22)24(18-27-29,19-6-2-1-3-7-19)10-4-5-13-28-14-11-26-12-15-28/h1-3,6-9,16,18,23,26H,4-5,10-15,17H2/t23?,24-/m0/s1. The summed E-state index contributed by atoms with van der Waals surface area (Å²) < 4.78 is 20.0. The van der Waals surface area contributed by atoms with Gasteiger partial charge >= 0.3 is 0 Å². The Morgan fingerprint density at radius 1 is 1.10 bits per heavy atom. The Morgan fingerprint density at radius 2 is 1.93 bits per heavy atom. The maximum atomic E-state index is 13.9. The van der Waals surface area contributed by atoms with Gasteiger partial charge in [0.05, 0.1) is 5.41 Å². The van der Waals surface area contributed by atoms with E-state index in [2.05, 4.69) is 40.7 Å². The molecule has 0 radical (unpaired) electrons. The van der Waals surface area contributed by atoms with Crippen molar-refractivity contribution in [2.24, 2.45) is 5.10 Å². The molecule has 2 atom stereocenters. The molecule has 6 heteroatoms. The highest BCUT2D eigenvalue weighted by Gasteiger charge is 2.49. The lowest BCUT2D eigenvalue weighted by atomic mass is 9.72. The molecule has 2 aromatic rings. The number of nitrogens with zero attached hydrogens (tertiary/aromatic N) is 3. The fourth-order valence-electron chi connectivity index (χ4n) is 5.04. The number of anilines is 1. The van der Waals surface area contributed by atoms with E-state index in [9.17, 15) is 4.39 Å². The Balaban J connectivity index is 1.36. The summed E-state index contributed by atoms with van der Waals surface area (Å²) in [5.41, 5.74) is 1.75. The molecule has 5 rings (SSSR count). The fourth-order valence-corrected chi connectivity index (χ4v) is 5.04. The highest BCUT2D eigenvalue weighted by atomic mass is 19.1. The Bertz CT molecular complexity index is 899. The smallest absolute Gasteiger partial charge is 0.144 e. The number of hydrazone groups is 1. The minimum Gasteiger partial charge on any atom is -0.489 e. The van der Waals surface area contributed by atoms with Crippen molar-refractivity contribution in [3.05, 3.63) is 59.9 Å². The van der Waals surface area contributed by atoms with Crippen molar-refractivity contribution in [1.82, 2.24) is 10.2 Å². The number of piperazine rings is 1. The van der Waals surface area contributed by atoms with Gasteiger partial charge in [0.15, 0.2) is 0 Å². The van der Waals surface area contributed by atoms with Crippen molar-refractivity contribution in [3.8, 4) is 5.75 Å². The first kappa shape index (κ1) is 19.5. The number of halogens is 1. The quantitative estimate of drug-likeness (QED) is 0.744. The van der Waals surface area contributed by atoms with Crippen LogP contribution in [0.2, 0.25) is 0 Å². The number of benzene rings is 2. The van der Waals surface area contributed by atoms with Gasteiger partial charge in [0.1, 0.15) is 29.9 Å². The van der Waals surface area contributed by atoms with E-state index in [0.29, 0.717) is 12.4 Å². The van der Waals surface area contributed by atoms with Crippen molar-refractivity contribution in [1.29, 1.82) is 0 Å². The molecule has 3 aliphatic rings. The summed E-state index contributed by atoms with van der Waals surface area (Å²) in [5, 5.41) is 10.2. The number of ether oxygens (including phenoxy) is 1. The molecular weight excluding hydrogens is 379 g/mol. The highest BCUT2D eigenvalue weighted by molar-refractivity contribution is 5.82. The molecule has 0 aliphatic carbocycles. The first-order valence-electron chi connectivity index (χ1n) is 11.0. The van der Waals surface area contributed by atoms with Crippen LogP contribution in [0.25, 0.3) is 0 Å². The summed E-state index contributed by atoms with van der Waals surface area (Å²) in [6.45, 7) is 6.14. The number of rotatable bonds is 6. The number of hydrogen-bond donors (Lipinski definition) is 1. The molecule has 3 aliphatic heterocycles. The molecule has 1 fully saturated rings. The van der Waals surface area contributed by atoms with E-state index in [-0.39, 0.29) is 17.3 Å². The predicted molar refractivity (Wildman–Crippen MR) is 118 cm³/mol. The Morgan fingerprint density at radius 3 is 2.77 bits per heavy atom. The van der Waals surface area contributed by atoms with Crippen LogP contribution < -0.4 is 15.1 Å². The van der Waals surface area contributed by atoms with Crippen molar-refractivity contribution < 1.29 is 9.13 Å². The van der Waals surface area contributed by atoms with Crippen LogP contribution in [0.15, 0.2) is 53.6 Å². The van der Waals surface area contributed by atoms with Crippen LogP contribution in [0.1, 0.15) is 24.8 Å². The first-order valence-corrected chi connectivity index (χ1v) is 11.0. The lowest BCUT2D eigenvalue weighted by Gasteiger charge is -2.40. The van der Waals surface area contributed by atoms with Gasteiger partial charge in [-0.3, -0.25) is 5.01 Å². The Labute approximate surface area is 177 Å². The largest absolute Gasteiger partial charge is 0.489 e. The van der Waals surface area contributed by atoms with Gasteiger partial charge in [0.2, 0.25) is 0 Å². The third kappa shape index (κ3) is 3.59. The van der Waals surface area contributed by atoms with Crippen LogP contribution in [0.4, 0.5) is 10.1 Å². The van der Waals surface area contributed by atoms with Crippen LogP contribution in [-0.4, -0.2) is 56.5 Å². The maximum absolute atomic E-state index is 13.9. The second-order valence-corrected chi connectivity index (χ2v) is 8.48. The summed E-state index contributed by atoms with van der Waals surface area (Å²) in [4.78, 5) is 2.55. The van der Waals surface area contributed by atoms with E-state index in [0.717, 1.165) is 51.3 Å². The zero-order valence-electron chi connectivity index (χ0n) is 17.3. The number of nitrogens with one attached hydrogen (secondary N) is 1. The summed E-state index contributed by atoms with van der Waals surface area (Å²) in [5.74, 6) is 0.439. The second kappa shape index (κ2) is 8.36. The van der Waals surface area contributed by atoms with Crippen molar-refractivity contribution in [3.63, 3.8) is 0 Å². The molecular formula is C24H29FN4O. The molecule has 158 valence electrons. The predicted octanol–water partition coefficient (Wildman–Crippen LogP) is 3.41. The molecule has 3 heterocycles. The van der Waals surface area contributed by atoms with Crippen molar-refractivity contribution in [2.75, 3.05) is 44.3 Å². The summed E-state index contributed by atoms with van der Waals surface area (Å²) in [7, 11) is 0. The third-order valence-electron chi connectivity index (χ3n) is 6.70. The van der Waals surface area contributed by atoms with Gasteiger partial charge in [-0.15, -0.1) is 0 Å². The van der Waals surface area contributed by atoms with E-state index in [1.165, 1.54) is 24.1 Å². The van der Waals surface area contributed by atoms with Gasteiger partial charge in [-0.25, -0.2) is 4.39 Å². The average Bonchev–Trinajstić information content (AvgIpc) is 3.18. The molecule has 2 aromatic carbocycles. The minimum atomic E-state index is -0.263. The zero-order chi connectivity index (χ0) is 20.4. The van der Waals surface area contributed by atoms with Crippen LogP contribution >= 0.6 is 0 Å². The van der Waals surface area contributed by atoms with E-state index in [4.69, 9.17) is 9.84 Å². The van der Waals surface area contributed by atoms with Gasteiger partial charge in [0, 0.05) is 38.5 Å². The highest BCUT2D eigenvalue weighted by Crippen LogP contribution is 2.46. The molecule has 0 spiro atoms. The van der Waals surface area contributed by atoms with Gasteiger partial charge in [-0.2, -0.15) is 5.10 Å². The summed E-state index contributed by atoms with van der Waals surface area (Å²) >= 11 is 0. The van der Waals surface area contributed by atoms with Crippen LogP contribution in [0.3, 0.4) is 0 Å². The molecule has 1 N–H and O–H groups in total. The molecule has 1 saturated heterocycles. The Kier molecular flexibility index (Phi) is 5.44.